The van der Waals surface area contributed by atoms with E-state index in [1.165, 1.54) is 0 Å². The van der Waals surface area contributed by atoms with Gasteiger partial charge in [-0.3, -0.25) is 19.7 Å². The molecule has 0 unspecified atom stereocenters. The Kier molecular flexibility index (Phi) is 3.16. The lowest BCUT2D eigenvalue weighted by molar-refractivity contribution is -0.384. The lowest BCUT2D eigenvalue weighted by atomic mass is 10.2. The first kappa shape index (κ1) is 12.9. The van der Waals surface area contributed by atoms with E-state index in [9.17, 15) is 24.1 Å². The first-order valence-corrected chi connectivity index (χ1v) is 5.37. The second-order valence-electron chi connectivity index (χ2n) is 4.19. The van der Waals surface area contributed by atoms with Crippen LogP contribution >= 0.6 is 0 Å². The van der Waals surface area contributed by atoms with Crippen molar-refractivity contribution in [2.24, 2.45) is 11.8 Å². The predicted octanol–water partition coefficient (Wildman–Crippen LogP) is 1.39. The summed E-state index contributed by atoms with van der Waals surface area (Å²) >= 11 is 0. The molecule has 8 heteroatoms. The van der Waals surface area contributed by atoms with Crippen LogP contribution in [0.25, 0.3) is 0 Å². The lowest BCUT2D eigenvalue weighted by Crippen LogP contribution is -2.17. The van der Waals surface area contributed by atoms with Crippen molar-refractivity contribution in [3.8, 4) is 0 Å². The van der Waals surface area contributed by atoms with Crippen molar-refractivity contribution < 1.29 is 24.0 Å². The van der Waals surface area contributed by atoms with Crippen LogP contribution in [0.15, 0.2) is 18.2 Å². The number of carboxylic acids is 1. The molecule has 100 valence electrons. The van der Waals surface area contributed by atoms with Gasteiger partial charge in [-0.25, -0.2) is 4.39 Å². The number of aliphatic carboxylic acids is 1. The summed E-state index contributed by atoms with van der Waals surface area (Å²) < 4.78 is 12.9. The molecule has 1 aliphatic carbocycles. The average Bonchev–Trinajstić information content (AvgIpc) is 3.11. The largest absolute Gasteiger partial charge is 0.481 e. The summed E-state index contributed by atoms with van der Waals surface area (Å²) in [5, 5.41) is 21.6. The Labute approximate surface area is 106 Å². The molecule has 19 heavy (non-hydrogen) atoms. The topological polar surface area (TPSA) is 110 Å². The number of carboxylic acid groups (broad SMARTS) is 1. The molecule has 0 heterocycles. The molecule has 2 N–H and O–H groups in total. The molecule has 1 aromatic rings. The van der Waals surface area contributed by atoms with Gasteiger partial charge < -0.3 is 10.4 Å². The Morgan fingerprint density at radius 1 is 1.42 bits per heavy atom. The molecule has 2 rings (SSSR count). The molecule has 0 bridgehead atoms. The van der Waals surface area contributed by atoms with Crippen LogP contribution in [-0.4, -0.2) is 21.9 Å². The van der Waals surface area contributed by atoms with Gasteiger partial charge in [0, 0.05) is 0 Å². The van der Waals surface area contributed by atoms with E-state index in [-0.39, 0.29) is 12.1 Å². The lowest BCUT2D eigenvalue weighted by Gasteiger charge is -2.05. The van der Waals surface area contributed by atoms with Gasteiger partial charge in [0.05, 0.1) is 22.8 Å². The number of anilines is 1. The van der Waals surface area contributed by atoms with Gasteiger partial charge in [-0.2, -0.15) is 0 Å². The molecular weight excluding hydrogens is 259 g/mol. The second kappa shape index (κ2) is 4.63. The van der Waals surface area contributed by atoms with Gasteiger partial charge in [-0.15, -0.1) is 0 Å². The second-order valence-corrected chi connectivity index (χ2v) is 4.19. The van der Waals surface area contributed by atoms with Crippen molar-refractivity contribution in [3.05, 3.63) is 34.1 Å². The molecule has 1 saturated carbocycles. The average molecular weight is 268 g/mol. The van der Waals surface area contributed by atoms with E-state index in [1.54, 1.807) is 0 Å². The van der Waals surface area contributed by atoms with E-state index in [4.69, 9.17) is 5.11 Å². The van der Waals surface area contributed by atoms with Crippen LogP contribution in [-0.2, 0) is 9.59 Å². The number of rotatable bonds is 4. The molecule has 7 nitrogen and oxygen atoms in total. The number of nitrogens with zero attached hydrogens (tertiary/aromatic N) is 1. The standard InChI is InChI=1S/C11H9FN2O5/c12-5-1-2-8(9(3-5)14(18)19)13-10(15)6-4-7(6)11(16)17/h1-3,6-7H,4H2,(H,13,15)(H,16,17)/t6-,7+/m1/s1. The minimum absolute atomic E-state index is 0.146. The molecule has 0 spiro atoms. The van der Waals surface area contributed by atoms with Crippen LogP contribution in [0.5, 0.6) is 0 Å². The summed E-state index contributed by atoms with van der Waals surface area (Å²) in [6.07, 6.45) is 0.205. The highest BCUT2D eigenvalue weighted by molar-refractivity contribution is 5.99. The number of nitrogens with one attached hydrogen (secondary N) is 1. The Hall–Kier alpha value is -2.51. The minimum atomic E-state index is -1.08. The van der Waals surface area contributed by atoms with Crippen molar-refractivity contribution in [1.82, 2.24) is 0 Å². The molecular formula is C11H9FN2O5. The third kappa shape index (κ3) is 2.67. The highest BCUT2D eigenvalue weighted by Gasteiger charge is 2.48. The van der Waals surface area contributed by atoms with Gasteiger partial charge in [0.25, 0.3) is 5.69 Å². The first-order chi connectivity index (χ1) is 8.90. The Morgan fingerprint density at radius 3 is 2.63 bits per heavy atom. The monoisotopic (exact) mass is 268 g/mol. The van der Waals surface area contributed by atoms with E-state index in [1.807, 2.05) is 0 Å². The number of benzene rings is 1. The van der Waals surface area contributed by atoms with E-state index in [0.717, 1.165) is 12.1 Å². The van der Waals surface area contributed by atoms with Crippen LogP contribution in [0, 0.1) is 27.8 Å². The molecule has 1 aliphatic rings. The molecule has 0 radical (unpaired) electrons. The third-order valence-corrected chi connectivity index (χ3v) is 2.86. The van der Waals surface area contributed by atoms with E-state index < -0.39 is 40.1 Å². The maximum atomic E-state index is 12.9. The van der Waals surface area contributed by atoms with Crippen molar-refractivity contribution in [1.29, 1.82) is 0 Å². The van der Waals surface area contributed by atoms with Gasteiger partial charge in [0.1, 0.15) is 11.5 Å². The maximum absolute atomic E-state index is 12.9. The normalized spacial score (nSPS) is 20.7. The summed E-state index contributed by atoms with van der Waals surface area (Å²) in [7, 11) is 0. The van der Waals surface area contributed by atoms with Gasteiger partial charge >= 0.3 is 5.97 Å². The Balaban J connectivity index is 2.14. The fourth-order valence-corrected chi connectivity index (χ4v) is 1.74. The van der Waals surface area contributed by atoms with Crippen molar-refractivity contribution in [3.63, 3.8) is 0 Å². The molecule has 0 aromatic heterocycles. The van der Waals surface area contributed by atoms with Gasteiger partial charge in [0.15, 0.2) is 0 Å². The quantitative estimate of drug-likeness (QED) is 0.633. The van der Waals surface area contributed by atoms with E-state index >= 15 is 0 Å². The van der Waals surface area contributed by atoms with Gasteiger partial charge in [-0.05, 0) is 18.6 Å². The maximum Gasteiger partial charge on any atom is 0.307 e. The summed E-state index contributed by atoms with van der Waals surface area (Å²) in [5.74, 6) is -3.92. The number of halogens is 1. The van der Waals surface area contributed by atoms with Crippen LogP contribution in [0.4, 0.5) is 15.8 Å². The minimum Gasteiger partial charge on any atom is -0.481 e. The highest BCUT2D eigenvalue weighted by Crippen LogP contribution is 2.40. The third-order valence-electron chi connectivity index (χ3n) is 2.86. The highest BCUT2D eigenvalue weighted by atomic mass is 19.1. The van der Waals surface area contributed by atoms with Crippen LogP contribution in [0.3, 0.4) is 0 Å². The summed E-state index contributed by atoms with van der Waals surface area (Å²) in [6.45, 7) is 0. The summed E-state index contributed by atoms with van der Waals surface area (Å²) in [5.41, 5.74) is -0.715. The molecule has 1 aromatic carbocycles. The SMILES string of the molecule is O=C(O)[C@H]1C[C@H]1C(=O)Nc1ccc(F)cc1[N+](=O)[O-]. The van der Waals surface area contributed by atoms with Crippen LogP contribution < -0.4 is 5.32 Å². The number of hydrogen-bond acceptors (Lipinski definition) is 4. The first-order valence-electron chi connectivity index (χ1n) is 5.37. The number of hydrogen-bond donors (Lipinski definition) is 2. The molecule has 1 fully saturated rings. The fraction of sp³-hybridized carbons (Fsp3) is 0.273. The molecule has 1 amide bonds. The zero-order chi connectivity index (χ0) is 14.2. The number of carbonyl (C=O) groups is 2. The Morgan fingerprint density at radius 2 is 2.11 bits per heavy atom. The van der Waals surface area contributed by atoms with Crippen LogP contribution in [0.1, 0.15) is 6.42 Å². The molecule has 0 aliphatic heterocycles. The number of nitro groups is 1. The number of carbonyl (C=O) groups excluding carboxylic acids is 1. The summed E-state index contributed by atoms with van der Waals surface area (Å²) in [4.78, 5) is 32.2. The van der Waals surface area contributed by atoms with Crippen molar-refractivity contribution in [2.75, 3.05) is 5.32 Å². The van der Waals surface area contributed by atoms with E-state index in [0.29, 0.717) is 6.07 Å². The number of nitro benzene ring substituents is 1. The van der Waals surface area contributed by atoms with Crippen molar-refractivity contribution >= 4 is 23.3 Å². The van der Waals surface area contributed by atoms with Gasteiger partial charge in [0.2, 0.25) is 5.91 Å². The smallest absolute Gasteiger partial charge is 0.307 e. The predicted molar refractivity (Wildman–Crippen MR) is 60.9 cm³/mol. The molecule has 0 saturated heterocycles. The summed E-state index contributed by atoms with van der Waals surface area (Å²) in [6, 6.07) is 2.74. The number of amides is 1. The van der Waals surface area contributed by atoms with Crippen LogP contribution in [0.2, 0.25) is 0 Å². The molecule has 2 atom stereocenters. The Bertz CT molecular complexity index is 574. The van der Waals surface area contributed by atoms with Crippen molar-refractivity contribution in [2.45, 2.75) is 6.42 Å². The zero-order valence-electron chi connectivity index (χ0n) is 9.50. The van der Waals surface area contributed by atoms with E-state index in [2.05, 4.69) is 5.32 Å². The van der Waals surface area contributed by atoms with Gasteiger partial charge in [-0.1, -0.05) is 0 Å². The zero-order valence-corrected chi connectivity index (χ0v) is 9.50. The fourth-order valence-electron chi connectivity index (χ4n) is 1.74.